The quantitative estimate of drug-likeness (QED) is 0.588. The highest BCUT2D eigenvalue weighted by Gasteiger charge is 2.05. The molecule has 0 aromatic rings. The minimum Gasteiger partial charge on any atom is -0.238 e. The first kappa shape index (κ1) is 8.66. The Hall–Kier alpha value is -1.43. The van der Waals surface area contributed by atoms with Crippen LogP contribution < -0.4 is 0 Å². The zero-order chi connectivity index (χ0) is 8.97. The zero-order valence-electron chi connectivity index (χ0n) is 6.30. The van der Waals surface area contributed by atoms with E-state index in [1.165, 1.54) is 18.2 Å². The summed E-state index contributed by atoms with van der Waals surface area (Å²) in [5.41, 5.74) is 0.492. The van der Waals surface area contributed by atoms with Gasteiger partial charge in [0.15, 0.2) is 0 Å². The summed E-state index contributed by atoms with van der Waals surface area (Å²) in [5.74, 6) is -0.627. The molecule has 0 heterocycles. The Labute approximate surface area is 69.3 Å². The van der Waals surface area contributed by atoms with Crippen LogP contribution in [0.25, 0.3) is 0 Å². The van der Waals surface area contributed by atoms with Crippen LogP contribution >= 0.6 is 0 Å². The van der Waals surface area contributed by atoms with E-state index in [1.54, 1.807) is 0 Å². The predicted molar refractivity (Wildman–Crippen MR) is 41.5 cm³/mol. The van der Waals surface area contributed by atoms with Crippen molar-refractivity contribution in [3.05, 3.63) is 35.7 Å². The van der Waals surface area contributed by atoms with Gasteiger partial charge in [0.25, 0.3) is 0 Å². The van der Waals surface area contributed by atoms with Crippen molar-refractivity contribution in [1.82, 2.24) is 0 Å². The smallest absolute Gasteiger partial charge is 0.140 e. The van der Waals surface area contributed by atoms with E-state index in [0.29, 0.717) is 5.57 Å². The number of nitrogens with zero attached hydrogens (tertiary/aromatic N) is 1. The fourth-order valence-corrected chi connectivity index (χ4v) is 0.898. The zero-order valence-corrected chi connectivity index (χ0v) is 6.30. The van der Waals surface area contributed by atoms with Gasteiger partial charge < -0.3 is 0 Å². The Kier molecular flexibility index (Phi) is 2.76. The van der Waals surface area contributed by atoms with Crippen molar-refractivity contribution in [3.63, 3.8) is 0 Å². The van der Waals surface area contributed by atoms with Crippen molar-refractivity contribution >= 4 is 0 Å². The molecule has 0 aromatic heterocycles. The fourth-order valence-electron chi connectivity index (χ4n) is 0.898. The van der Waals surface area contributed by atoms with E-state index in [2.05, 4.69) is 0 Å². The molecule has 0 saturated carbocycles. The molecule has 1 rings (SSSR count). The molecular formula is C9H7F2N. The first-order valence-electron chi connectivity index (χ1n) is 3.49. The molecule has 0 radical (unpaired) electrons. The number of alkyl halides is 1. The first-order valence-corrected chi connectivity index (χ1v) is 3.49. The van der Waals surface area contributed by atoms with Crippen molar-refractivity contribution in [1.29, 1.82) is 5.26 Å². The van der Waals surface area contributed by atoms with E-state index in [9.17, 15) is 8.78 Å². The number of hydrogen-bond acceptors (Lipinski definition) is 1. The maximum absolute atomic E-state index is 12.7. The van der Waals surface area contributed by atoms with Crippen LogP contribution in [0.3, 0.4) is 0 Å². The molecule has 0 amide bonds. The number of nitriles is 1. The van der Waals surface area contributed by atoms with Gasteiger partial charge in [0.05, 0.1) is 12.5 Å². The van der Waals surface area contributed by atoms with Crippen molar-refractivity contribution in [2.45, 2.75) is 12.6 Å². The summed E-state index contributed by atoms with van der Waals surface area (Å²) in [6, 6.07) is 1.86. The number of halogens is 2. The monoisotopic (exact) mass is 167 g/mol. The molecule has 62 valence electrons. The lowest BCUT2D eigenvalue weighted by molar-refractivity contribution is 0.461. The summed E-state index contributed by atoms with van der Waals surface area (Å²) >= 11 is 0. The van der Waals surface area contributed by atoms with E-state index in [-0.39, 0.29) is 6.42 Å². The molecular weight excluding hydrogens is 160 g/mol. The van der Waals surface area contributed by atoms with Crippen LogP contribution in [0.15, 0.2) is 35.7 Å². The summed E-state index contributed by atoms with van der Waals surface area (Å²) in [4.78, 5) is 0. The molecule has 0 spiro atoms. The van der Waals surface area contributed by atoms with Gasteiger partial charge in [-0.2, -0.15) is 5.26 Å². The van der Waals surface area contributed by atoms with Crippen molar-refractivity contribution in [2.24, 2.45) is 0 Å². The standard InChI is InChI=1S/C9H7F2N/c10-8-2-1-7(3-4-12)5-9(11)6-8/h1-2,5-6,8H,3H2. The van der Waals surface area contributed by atoms with Crippen molar-refractivity contribution in [2.75, 3.05) is 0 Å². The van der Waals surface area contributed by atoms with Gasteiger partial charge in [0.1, 0.15) is 12.0 Å². The molecule has 1 aliphatic carbocycles. The Bertz CT molecular complexity index is 294. The third-order valence-corrected chi connectivity index (χ3v) is 1.42. The van der Waals surface area contributed by atoms with Gasteiger partial charge in [0, 0.05) is 0 Å². The Balaban J connectivity index is 2.84. The third kappa shape index (κ3) is 2.31. The van der Waals surface area contributed by atoms with Crippen LogP contribution in [-0.4, -0.2) is 6.17 Å². The predicted octanol–water partition coefficient (Wildman–Crippen LogP) is 2.59. The van der Waals surface area contributed by atoms with Gasteiger partial charge in [-0.3, -0.25) is 0 Å². The summed E-state index contributed by atoms with van der Waals surface area (Å²) in [5, 5.41) is 8.30. The molecule has 1 unspecified atom stereocenters. The first-order chi connectivity index (χ1) is 5.72. The number of hydrogen-bond donors (Lipinski definition) is 0. The lowest BCUT2D eigenvalue weighted by atomic mass is 10.2. The largest absolute Gasteiger partial charge is 0.238 e. The van der Waals surface area contributed by atoms with Gasteiger partial charge in [0.2, 0.25) is 0 Å². The molecule has 0 aromatic carbocycles. The van der Waals surface area contributed by atoms with Crippen LogP contribution in [0, 0.1) is 11.3 Å². The molecule has 0 bridgehead atoms. The molecule has 1 nitrogen and oxygen atoms in total. The Morgan fingerprint density at radius 2 is 2.33 bits per heavy atom. The minimum absolute atomic E-state index is 0.102. The number of allylic oxidation sites excluding steroid dienone is 6. The molecule has 0 saturated heterocycles. The SMILES string of the molecule is N#CCC1=CC(F)=CC(F)C=C1. The van der Waals surface area contributed by atoms with Crippen LogP contribution in [0.4, 0.5) is 8.78 Å². The van der Waals surface area contributed by atoms with Crippen molar-refractivity contribution in [3.8, 4) is 6.07 Å². The molecule has 0 N–H and O–H groups in total. The maximum atomic E-state index is 12.7. The average Bonchev–Trinajstić information content (AvgIpc) is 2.13. The minimum atomic E-state index is -1.39. The van der Waals surface area contributed by atoms with Gasteiger partial charge >= 0.3 is 0 Å². The normalized spacial score (nSPS) is 22.2. The van der Waals surface area contributed by atoms with Gasteiger partial charge in [-0.05, 0) is 23.8 Å². The molecule has 0 fully saturated rings. The van der Waals surface area contributed by atoms with E-state index in [4.69, 9.17) is 5.26 Å². The highest BCUT2D eigenvalue weighted by molar-refractivity contribution is 5.34. The van der Waals surface area contributed by atoms with E-state index < -0.39 is 12.0 Å². The molecule has 1 atom stereocenters. The Morgan fingerprint density at radius 3 is 3.00 bits per heavy atom. The summed E-state index contributed by atoms with van der Waals surface area (Å²) in [6.07, 6.45) is 3.38. The fraction of sp³-hybridized carbons (Fsp3) is 0.222. The van der Waals surface area contributed by atoms with Crippen molar-refractivity contribution < 1.29 is 8.78 Å². The second-order valence-electron chi connectivity index (χ2n) is 2.41. The molecule has 12 heavy (non-hydrogen) atoms. The second kappa shape index (κ2) is 3.82. The molecule has 0 aliphatic heterocycles. The van der Waals surface area contributed by atoms with Crippen LogP contribution in [-0.2, 0) is 0 Å². The van der Waals surface area contributed by atoms with Gasteiger partial charge in [-0.1, -0.05) is 6.08 Å². The molecule has 3 heteroatoms. The highest BCUT2D eigenvalue weighted by atomic mass is 19.1. The van der Waals surface area contributed by atoms with E-state index in [0.717, 1.165) is 6.08 Å². The van der Waals surface area contributed by atoms with E-state index in [1.807, 2.05) is 6.07 Å². The van der Waals surface area contributed by atoms with Crippen LogP contribution in [0.2, 0.25) is 0 Å². The maximum Gasteiger partial charge on any atom is 0.140 e. The van der Waals surface area contributed by atoms with Gasteiger partial charge in [-0.15, -0.1) is 0 Å². The third-order valence-electron chi connectivity index (χ3n) is 1.42. The number of rotatable bonds is 1. The van der Waals surface area contributed by atoms with Crippen LogP contribution in [0.5, 0.6) is 0 Å². The van der Waals surface area contributed by atoms with E-state index >= 15 is 0 Å². The van der Waals surface area contributed by atoms with Crippen LogP contribution in [0.1, 0.15) is 6.42 Å². The summed E-state index contributed by atoms with van der Waals surface area (Å²) in [6.45, 7) is 0. The average molecular weight is 167 g/mol. The Morgan fingerprint density at radius 1 is 1.58 bits per heavy atom. The molecule has 1 aliphatic rings. The lowest BCUT2D eigenvalue weighted by Gasteiger charge is -1.89. The van der Waals surface area contributed by atoms with Gasteiger partial charge in [-0.25, -0.2) is 8.78 Å². The lowest BCUT2D eigenvalue weighted by Crippen LogP contribution is -1.86. The second-order valence-corrected chi connectivity index (χ2v) is 2.41. The topological polar surface area (TPSA) is 23.8 Å². The summed E-state index contributed by atoms with van der Waals surface area (Å²) in [7, 11) is 0. The highest BCUT2D eigenvalue weighted by Crippen LogP contribution is 2.15. The summed E-state index contributed by atoms with van der Waals surface area (Å²) < 4.78 is 25.3.